The highest BCUT2D eigenvalue weighted by Crippen LogP contribution is 2.27. The van der Waals surface area contributed by atoms with Crippen molar-refractivity contribution in [3.05, 3.63) is 0 Å². The molecule has 0 radical (unpaired) electrons. The monoisotopic (exact) mass is 412 g/mol. The van der Waals surface area contributed by atoms with E-state index in [0.29, 0.717) is 19.6 Å². The molecule has 0 bridgehead atoms. The van der Waals surface area contributed by atoms with E-state index in [1.807, 2.05) is 0 Å². The van der Waals surface area contributed by atoms with Gasteiger partial charge < -0.3 is 22.2 Å². The molecule has 9 heteroatoms. The van der Waals surface area contributed by atoms with E-state index in [-0.39, 0.29) is 6.61 Å². The van der Waals surface area contributed by atoms with Crippen molar-refractivity contribution in [3.63, 3.8) is 0 Å². The molecule has 146 valence electrons. The van der Waals surface area contributed by atoms with E-state index in [0.717, 1.165) is 12.5 Å². The van der Waals surface area contributed by atoms with Gasteiger partial charge in [0.2, 0.25) is 0 Å². The molecule has 0 aliphatic rings. The molecule has 0 fully saturated rings. The molecule has 24 heavy (non-hydrogen) atoms. The molecule has 1 atom stereocenters. The van der Waals surface area contributed by atoms with E-state index in [4.69, 9.17) is 22.2 Å². The molecule has 0 saturated carbocycles. The standard InChI is InChI=1S/C15H40O5Si4/c1-21(2,3)18-23(7,8)20-24(9,19-22(4,5)6)15-11-14-17-13-10-12-16/h16H,10-15H2,1-9H3. The summed E-state index contributed by atoms with van der Waals surface area (Å²) in [6.45, 7) is 21.2. The lowest BCUT2D eigenvalue weighted by atomic mass is 10.5. The van der Waals surface area contributed by atoms with Crippen molar-refractivity contribution >= 4 is 33.8 Å². The van der Waals surface area contributed by atoms with Crippen LogP contribution in [0, 0.1) is 0 Å². The van der Waals surface area contributed by atoms with Gasteiger partial charge in [0.05, 0.1) is 0 Å². The molecule has 0 aromatic carbocycles. The van der Waals surface area contributed by atoms with Crippen LogP contribution in [0.25, 0.3) is 0 Å². The normalized spacial score (nSPS) is 16.2. The van der Waals surface area contributed by atoms with E-state index in [9.17, 15) is 0 Å². The highest BCUT2D eigenvalue weighted by atomic mass is 28.5. The summed E-state index contributed by atoms with van der Waals surface area (Å²) in [6, 6.07) is 0.919. The SMILES string of the molecule is C[Si](C)(C)O[Si](C)(C)O[Si](C)(CCCOCCCO)O[Si](C)(C)C. The van der Waals surface area contributed by atoms with Crippen LogP contribution >= 0.6 is 0 Å². The van der Waals surface area contributed by atoms with Crippen LogP contribution in [0.1, 0.15) is 12.8 Å². The molecular weight excluding hydrogens is 373 g/mol. The number of hydrogen-bond donors (Lipinski definition) is 1. The third-order valence-electron chi connectivity index (χ3n) is 2.90. The molecule has 0 amide bonds. The minimum absolute atomic E-state index is 0.183. The van der Waals surface area contributed by atoms with Gasteiger partial charge in [0.25, 0.3) is 0 Å². The summed E-state index contributed by atoms with van der Waals surface area (Å²) < 4.78 is 25.1. The van der Waals surface area contributed by atoms with Gasteiger partial charge in [0.15, 0.2) is 16.6 Å². The minimum atomic E-state index is -2.30. The smallest absolute Gasteiger partial charge is 0.315 e. The molecule has 0 aromatic rings. The molecular formula is C15H40O5Si4. The van der Waals surface area contributed by atoms with Crippen molar-refractivity contribution in [3.8, 4) is 0 Å². The summed E-state index contributed by atoms with van der Waals surface area (Å²) in [7, 11) is -7.83. The highest BCUT2D eigenvalue weighted by Gasteiger charge is 2.44. The van der Waals surface area contributed by atoms with E-state index in [1.165, 1.54) is 0 Å². The average molecular weight is 413 g/mol. The molecule has 0 heterocycles. The molecule has 0 aromatic heterocycles. The lowest BCUT2D eigenvalue weighted by molar-refractivity contribution is 0.115. The minimum Gasteiger partial charge on any atom is -0.437 e. The third-order valence-corrected chi connectivity index (χ3v) is 16.4. The maximum Gasteiger partial charge on any atom is 0.315 e. The van der Waals surface area contributed by atoms with Crippen LogP contribution in [0.5, 0.6) is 0 Å². The van der Waals surface area contributed by atoms with E-state index in [1.54, 1.807) is 0 Å². The summed E-state index contributed by atoms with van der Waals surface area (Å²) in [5.74, 6) is 0. The highest BCUT2D eigenvalue weighted by molar-refractivity contribution is 6.89. The van der Waals surface area contributed by atoms with Crippen LogP contribution in [-0.4, -0.2) is 58.7 Å². The van der Waals surface area contributed by atoms with Crippen molar-refractivity contribution in [1.29, 1.82) is 0 Å². The molecule has 1 unspecified atom stereocenters. The van der Waals surface area contributed by atoms with Crippen LogP contribution < -0.4 is 0 Å². The Bertz CT molecular complexity index is 355. The van der Waals surface area contributed by atoms with Crippen molar-refractivity contribution in [2.24, 2.45) is 0 Å². The second-order valence-electron chi connectivity index (χ2n) is 8.86. The first kappa shape index (κ1) is 24.7. The van der Waals surface area contributed by atoms with Gasteiger partial charge in [-0.2, -0.15) is 0 Å². The van der Waals surface area contributed by atoms with Gasteiger partial charge in [0, 0.05) is 19.8 Å². The van der Waals surface area contributed by atoms with Gasteiger partial charge in [0.1, 0.15) is 0 Å². The molecule has 0 saturated heterocycles. The van der Waals surface area contributed by atoms with Gasteiger partial charge in [-0.05, 0) is 77.8 Å². The lowest BCUT2D eigenvalue weighted by Crippen LogP contribution is -2.56. The van der Waals surface area contributed by atoms with Crippen molar-refractivity contribution in [2.75, 3.05) is 19.8 Å². The predicted octanol–water partition coefficient (Wildman–Crippen LogP) is 4.27. The van der Waals surface area contributed by atoms with Gasteiger partial charge in [-0.1, -0.05) is 0 Å². The summed E-state index contributed by atoms with van der Waals surface area (Å²) in [6.07, 6.45) is 1.62. The summed E-state index contributed by atoms with van der Waals surface area (Å²) in [5.41, 5.74) is 0. The zero-order chi connectivity index (χ0) is 19.1. The van der Waals surface area contributed by atoms with Crippen molar-refractivity contribution in [1.82, 2.24) is 0 Å². The fourth-order valence-corrected chi connectivity index (χ4v) is 20.7. The molecule has 0 rings (SSSR count). The topological polar surface area (TPSA) is 57.2 Å². The molecule has 1 N–H and O–H groups in total. The Morgan fingerprint density at radius 3 is 1.62 bits per heavy atom. The van der Waals surface area contributed by atoms with Crippen LogP contribution in [0.4, 0.5) is 0 Å². The van der Waals surface area contributed by atoms with E-state index >= 15 is 0 Å². The fraction of sp³-hybridized carbons (Fsp3) is 1.00. The van der Waals surface area contributed by atoms with Gasteiger partial charge >= 0.3 is 17.1 Å². The first-order chi connectivity index (χ1) is 10.7. The average Bonchev–Trinajstić information content (AvgIpc) is 2.26. The van der Waals surface area contributed by atoms with E-state index in [2.05, 4.69) is 58.9 Å². The number of ether oxygens (including phenoxy) is 1. The first-order valence-corrected chi connectivity index (χ1v) is 21.1. The van der Waals surface area contributed by atoms with Crippen LogP contribution in [-0.2, 0) is 17.1 Å². The Morgan fingerprint density at radius 2 is 1.17 bits per heavy atom. The van der Waals surface area contributed by atoms with Crippen molar-refractivity contribution in [2.45, 2.75) is 77.8 Å². The Labute approximate surface area is 153 Å². The quantitative estimate of drug-likeness (QED) is 0.361. The number of hydrogen-bond acceptors (Lipinski definition) is 5. The van der Waals surface area contributed by atoms with Gasteiger partial charge in [-0.3, -0.25) is 0 Å². The molecule has 0 spiro atoms. The Morgan fingerprint density at radius 1 is 0.667 bits per heavy atom. The summed E-state index contributed by atoms with van der Waals surface area (Å²) in [5, 5.41) is 8.79. The van der Waals surface area contributed by atoms with Gasteiger partial charge in [-0.15, -0.1) is 0 Å². The number of aliphatic hydroxyl groups excluding tert-OH is 1. The van der Waals surface area contributed by atoms with Gasteiger partial charge in [-0.25, -0.2) is 0 Å². The Kier molecular flexibility index (Phi) is 10.4. The van der Waals surface area contributed by atoms with E-state index < -0.39 is 33.8 Å². The molecule has 0 aliphatic carbocycles. The maximum atomic E-state index is 8.79. The zero-order valence-corrected chi connectivity index (χ0v) is 21.3. The lowest BCUT2D eigenvalue weighted by Gasteiger charge is -2.41. The maximum absolute atomic E-state index is 8.79. The largest absolute Gasteiger partial charge is 0.437 e. The summed E-state index contributed by atoms with van der Waals surface area (Å²) in [4.78, 5) is 0. The Balaban J connectivity index is 4.76. The predicted molar refractivity (Wildman–Crippen MR) is 111 cm³/mol. The van der Waals surface area contributed by atoms with Crippen LogP contribution in [0.15, 0.2) is 0 Å². The summed E-state index contributed by atoms with van der Waals surface area (Å²) >= 11 is 0. The second-order valence-corrected chi connectivity index (χ2v) is 25.3. The third kappa shape index (κ3) is 13.9. The van der Waals surface area contributed by atoms with Crippen molar-refractivity contribution < 1.29 is 22.2 Å². The molecule has 5 nitrogen and oxygen atoms in total. The molecule has 0 aliphatic heterocycles. The van der Waals surface area contributed by atoms with Crippen LogP contribution in [0.2, 0.25) is 65.0 Å². The van der Waals surface area contributed by atoms with Crippen LogP contribution in [0.3, 0.4) is 0 Å². The number of aliphatic hydroxyl groups is 1. The zero-order valence-electron chi connectivity index (χ0n) is 17.3. The number of rotatable bonds is 13. The Hall–Kier alpha value is 0.668. The fourth-order valence-electron chi connectivity index (χ4n) is 2.81. The first-order valence-electron chi connectivity index (χ1n) is 8.97. The second kappa shape index (κ2) is 10.1.